The van der Waals surface area contributed by atoms with Crippen LogP contribution in [0.15, 0.2) is 55.0 Å². The Balaban J connectivity index is 1.98. The SMILES string of the molecule is O=C(Nc1ccccn1)c1cccc2nccnc12. The molecule has 92 valence electrons. The molecule has 0 radical (unpaired) electrons. The molecule has 3 aromatic rings. The molecule has 0 aliphatic heterocycles. The predicted octanol–water partition coefficient (Wildman–Crippen LogP) is 2.28. The normalized spacial score (nSPS) is 10.3. The third kappa shape index (κ3) is 2.26. The Hall–Kier alpha value is -2.82. The van der Waals surface area contributed by atoms with Gasteiger partial charge < -0.3 is 5.32 Å². The maximum Gasteiger partial charge on any atom is 0.259 e. The van der Waals surface area contributed by atoms with E-state index in [0.717, 1.165) is 0 Å². The van der Waals surface area contributed by atoms with Crippen LogP contribution in [0.3, 0.4) is 0 Å². The lowest BCUT2D eigenvalue weighted by molar-refractivity contribution is 0.102. The summed E-state index contributed by atoms with van der Waals surface area (Å²) in [6.07, 6.45) is 4.79. The standard InChI is InChI=1S/C14H10N4O/c19-14(18-12-6-1-2-7-16-12)10-4-3-5-11-13(10)17-9-8-15-11/h1-9H,(H,16,18,19). The van der Waals surface area contributed by atoms with Crippen molar-refractivity contribution in [2.45, 2.75) is 0 Å². The van der Waals surface area contributed by atoms with E-state index in [9.17, 15) is 4.79 Å². The summed E-state index contributed by atoms with van der Waals surface area (Å²) in [5.41, 5.74) is 1.76. The van der Waals surface area contributed by atoms with Crippen LogP contribution in [0.5, 0.6) is 0 Å². The first-order chi connectivity index (χ1) is 9.34. The number of carbonyl (C=O) groups excluding carboxylic acids is 1. The number of anilines is 1. The second kappa shape index (κ2) is 4.81. The van der Waals surface area contributed by atoms with Gasteiger partial charge in [0, 0.05) is 18.6 Å². The van der Waals surface area contributed by atoms with Crippen LogP contribution in [0, 0.1) is 0 Å². The summed E-state index contributed by atoms with van der Waals surface area (Å²) in [6, 6.07) is 10.7. The average molecular weight is 250 g/mol. The smallest absolute Gasteiger partial charge is 0.259 e. The Bertz CT molecular complexity index is 722. The number of fused-ring (bicyclic) bond motifs is 1. The summed E-state index contributed by atoms with van der Waals surface area (Å²) in [5, 5.41) is 2.73. The molecule has 1 aromatic carbocycles. The fourth-order valence-corrected chi connectivity index (χ4v) is 1.80. The van der Waals surface area contributed by atoms with Crippen molar-refractivity contribution >= 4 is 22.8 Å². The van der Waals surface area contributed by atoms with E-state index in [-0.39, 0.29) is 5.91 Å². The molecule has 3 rings (SSSR count). The predicted molar refractivity (Wildman–Crippen MR) is 71.7 cm³/mol. The topological polar surface area (TPSA) is 67.8 Å². The van der Waals surface area contributed by atoms with E-state index in [2.05, 4.69) is 20.3 Å². The molecule has 5 heteroatoms. The first-order valence-electron chi connectivity index (χ1n) is 5.77. The van der Waals surface area contributed by atoms with Crippen molar-refractivity contribution in [2.75, 3.05) is 5.32 Å². The van der Waals surface area contributed by atoms with Crippen molar-refractivity contribution in [1.82, 2.24) is 15.0 Å². The van der Waals surface area contributed by atoms with Gasteiger partial charge in [0.05, 0.1) is 11.1 Å². The van der Waals surface area contributed by atoms with Crippen molar-refractivity contribution in [1.29, 1.82) is 0 Å². The number of hydrogen-bond acceptors (Lipinski definition) is 4. The van der Waals surface area contributed by atoms with E-state index >= 15 is 0 Å². The molecule has 1 N–H and O–H groups in total. The van der Waals surface area contributed by atoms with Crippen LogP contribution in [0.1, 0.15) is 10.4 Å². The molecule has 2 aromatic heterocycles. The molecule has 0 bridgehead atoms. The summed E-state index contributed by atoms with van der Waals surface area (Å²) < 4.78 is 0. The molecule has 0 atom stereocenters. The fourth-order valence-electron chi connectivity index (χ4n) is 1.80. The minimum Gasteiger partial charge on any atom is -0.306 e. The first-order valence-corrected chi connectivity index (χ1v) is 5.77. The summed E-state index contributed by atoms with van der Waals surface area (Å²) >= 11 is 0. The van der Waals surface area contributed by atoms with E-state index in [1.165, 1.54) is 0 Å². The van der Waals surface area contributed by atoms with Gasteiger partial charge in [-0.3, -0.25) is 14.8 Å². The van der Waals surface area contributed by atoms with Crippen LogP contribution in [0.4, 0.5) is 5.82 Å². The van der Waals surface area contributed by atoms with E-state index in [0.29, 0.717) is 22.4 Å². The van der Waals surface area contributed by atoms with Crippen molar-refractivity contribution in [3.63, 3.8) is 0 Å². The lowest BCUT2D eigenvalue weighted by Gasteiger charge is -2.06. The van der Waals surface area contributed by atoms with Gasteiger partial charge >= 0.3 is 0 Å². The molecule has 0 fully saturated rings. The van der Waals surface area contributed by atoms with Crippen molar-refractivity contribution in [2.24, 2.45) is 0 Å². The number of nitrogens with one attached hydrogen (secondary N) is 1. The van der Waals surface area contributed by atoms with E-state index < -0.39 is 0 Å². The van der Waals surface area contributed by atoms with Gasteiger partial charge in [0.1, 0.15) is 11.3 Å². The van der Waals surface area contributed by atoms with Gasteiger partial charge in [-0.25, -0.2) is 4.98 Å². The van der Waals surface area contributed by atoms with Gasteiger partial charge in [-0.1, -0.05) is 12.1 Å². The Labute approximate surface area is 109 Å². The number of carbonyl (C=O) groups is 1. The molecule has 0 spiro atoms. The Kier molecular flexibility index (Phi) is 2.86. The van der Waals surface area contributed by atoms with E-state index in [1.54, 1.807) is 42.9 Å². The van der Waals surface area contributed by atoms with Crippen LogP contribution in [0.2, 0.25) is 0 Å². The molecule has 0 unspecified atom stereocenters. The van der Waals surface area contributed by atoms with Crippen LogP contribution >= 0.6 is 0 Å². The first kappa shape index (κ1) is 11.3. The van der Waals surface area contributed by atoms with Crippen molar-refractivity contribution < 1.29 is 4.79 Å². The summed E-state index contributed by atoms with van der Waals surface area (Å²) in [7, 11) is 0. The van der Waals surface area contributed by atoms with Crippen LogP contribution < -0.4 is 5.32 Å². The highest BCUT2D eigenvalue weighted by Crippen LogP contribution is 2.15. The molecule has 0 aliphatic rings. The number of para-hydroxylation sites is 1. The summed E-state index contributed by atoms with van der Waals surface area (Å²) in [5.74, 6) is 0.262. The van der Waals surface area contributed by atoms with Crippen LogP contribution in [0.25, 0.3) is 11.0 Å². The molecule has 0 saturated carbocycles. The molecule has 19 heavy (non-hydrogen) atoms. The second-order valence-electron chi connectivity index (χ2n) is 3.90. The summed E-state index contributed by atoms with van der Waals surface area (Å²) in [6.45, 7) is 0. The lowest BCUT2D eigenvalue weighted by atomic mass is 10.1. The zero-order chi connectivity index (χ0) is 13.1. The van der Waals surface area contributed by atoms with Crippen LogP contribution in [-0.2, 0) is 0 Å². The third-order valence-electron chi connectivity index (χ3n) is 2.65. The van der Waals surface area contributed by atoms with Gasteiger partial charge in [-0.15, -0.1) is 0 Å². The minimum absolute atomic E-state index is 0.246. The van der Waals surface area contributed by atoms with Gasteiger partial charge in [-0.2, -0.15) is 0 Å². The number of amides is 1. The van der Waals surface area contributed by atoms with E-state index in [4.69, 9.17) is 0 Å². The van der Waals surface area contributed by atoms with Crippen molar-refractivity contribution in [3.8, 4) is 0 Å². The minimum atomic E-state index is -0.246. The molecule has 2 heterocycles. The van der Waals surface area contributed by atoms with Gasteiger partial charge in [0.25, 0.3) is 5.91 Å². The largest absolute Gasteiger partial charge is 0.306 e. The highest BCUT2D eigenvalue weighted by molar-refractivity contribution is 6.10. The Morgan fingerprint density at radius 3 is 2.63 bits per heavy atom. The molecule has 5 nitrogen and oxygen atoms in total. The van der Waals surface area contributed by atoms with Crippen molar-refractivity contribution in [3.05, 3.63) is 60.6 Å². The maximum atomic E-state index is 12.2. The Morgan fingerprint density at radius 1 is 0.895 bits per heavy atom. The molecular weight excluding hydrogens is 240 g/mol. The number of aromatic nitrogens is 3. The zero-order valence-corrected chi connectivity index (χ0v) is 9.95. The van der Waals surface area contributed by atoms with Gasteiger partial charge in [0.2, 0.25) is 0 Å². The number of benzene rings is 1. The summed E-state index contributed by atoms with van der Waals surface area (Å²) in [4.78, 5) is 24.6. The molecule has 0 saturated heterocycles. The second-order valence-corrected chi connectivity index (χ2v) is 3.90. The zero-order valence-electron chi connectivity index (χ0n) is 9.95. The monoisotopic (exact) mass is 250 g/mol. The number of nitrogens with zero attached hydrogens (tertiary/aromatic N) is 3. The third-order valence-corrected chi connectivity index (χ3v) is 2.65. The van der Waals surface area contributed by atoms with Gasteiger partial charge in [-0.05, 0) is 24.3 Å². The van der Waals surface area contributed by atoms with Crippen LogP contribution in [-0.4, -0.2) is 20.9 Å². The quantitative estimate of drug-likeness (QED) is 0.757. The molecule has 1 amide bonds. The number of pyridine rings is 1. The van der Waals surface area contributed by atoms with E-state index in [1.807, 2.05) is 12.1 Å². The highest BCUT2D eigenvalue weighted by Gasteiger charge is 2.11. The molecular formula is C14H10N4O. The number of hydrogen-bond donors (Lipinski definition) is 1. The maximum absolute atomic E-state index is 12.2. The van der Waals surface area contributed by atoms with Gasteiger partial charge in [0.15, 0.2) is 0 Å². The lowest BCUT2D eigenvalue weighted by Crippen LogP contribution is -2.13. The number of rotatable bonds is 2. The Morgan fingerprint density at radius 2 is 1.79 bits per heavy atom. The highest BCUT2D eigenvalue weighted by atomic mass is 16.1. The fraction of sp³-hybridized carbons (Fsp3) is 0. The average Bonchev–Trinajstić information content (AvgIpc) is 2.47. The molecule has 0 aliphatic carbocycles.